The number of aromatic nitrogens is 2. The van der Waals surface area contributed by atoms with E-state index in [4.69, 9.17) is 4.74 Å². The summed E-state index contributed by atoms with van der Waals surface area (Å²) in [4.78, 5) is 10.4. The van der Waals surface area contributed by atoms with Gasteiger partial charge in [-0.25, -0.2) is 4.39 Å². The molecule has 1 heterocycles. The number of nitro benzene ring substituents is 1. The molecule has 7 nitrogen and oxygen atoms in total. The lowest BCUT2D eigenvalue weighted by Crippen LogP contribution is -2.06. The fourth-order valence-corrected chi connectivity index (χ4v) is 2.11. The van der Waals surface area contributed by atoms with Gasteiger partial charge in [0.1, 0.15) is 5.69 Å². The lowest BCUT2D eigenvalue weighted by Gasteiger charge is -2.09. The molecule has 0 aliphatic rings. The number of aryl methyl sites for hydroxylation is 2. The Labute approximate surface area is 126 Å². The quantitative estimate of drug-likeness (QED) is 0.483. The summed E-state index contributed by atoms with van der Waals surface area (Å²) < 4.78 is 20.1. The predicted molar refractivity (Wildman–Crippen MR) is 79.6 cm³/mol. The molecule has 118 valence electrons. The summed E-state index contributed by atoms with van der Waals surface area (Å²) in [6.07, 6.45) is 5.27. The van der Waals surface area contributed by atoms with Crippen molar-refractivity contribution in [1.82, 2.24) is 9.78 Å². The highest BCUT2D eigenvalue weighted by molar-refractivity contribution is 5.64. The van der Waals surface area contributed by atoms with Gasteiger partial charge in [-0.05, 0) is 18.4 Å². The fraction of sp³-hybridized carbons (Fsp3) is 0.357. The summed E-state index contributed by atoms with van der Waals surface area (Å²) in [7, 11) is 3.16. The summed E-state index contributed by atoms with van der Waals surface area (Å²) in [5.74, 6) is -0.782. The van der Waals surface area contributed by atoms with Gasteiger partial charge in [0.2, 0.25) is 0 Å². The molecule has 8 heteroatoms. The molecule has 0 bridgehead atoms. The maximum atomic E-state index is 13.5. The van der Waals surface area contributed by atoms with E-state index in [1.807, 2.05) is 13.2 Å². The van der Waals surface area contributed by atoms with E-state index in [9.17, 15) is 14.5 Å². The third-order valence-electron chi connectivity index (χ3n) is 3.18. The number of ether oxygens (including phenoxy) is 1. The number of hydrogen-bond donors (Lipinski definition) is 1. The number of rotatable bonds is 7. The summed E-state index contributed by atoms with van der Waals surface area (Å²) in [5.41, 5.74) is 1.03. The van der Waals surface area contributed by atoms with Crippen molar-refractivity contribution in [3.63, 3.8) is 0 Å². The van der Waals surface area contributed by atoms with Crippen LogP contribution in [0.1, 0.15) is 12.0 Å². The molecule has 0 saturated carbocycles. The highest BCUT2D eigenvalue weighted by Crippen LogP contribution is 2.31. The van der Waals surface area contributed by atoms with Crippen LogP contribution in [0.2, 0.25) is 0 Å². The van der Waals surface area contributed by atoms with Gasteiger partial charge in [0.15, 0.2) is 11.6 Å². The van der Waals surface area contributed by atoms with Crippen molar-refractivity contribution >= 4 is 11.4 Å². The first-order chi connectivity index (χ1) is 10.5. The van der Waals surface area contributed by atoms with Gasteiger partial charge < -0.3 is 10.1 Å². The van der Waals surface area contributed by atoms with Crippen LogP contribution in [0.25, 0.3) is 0 Å². The van der Waals surface area contributed by atoms with Crippen LogP contribution in [-0.4, -0.2) is 28.4 Å². The van der Waals surface area contributed by atoms with E-state index in [2.05, 4.69) is 10.4 Å². The highest BCUT2D eigenvalue weighted by atomic mass is 19.1. The van der Waals surface area contributed by atoms with Gasteiger partial charge >= 0.3 is 0 Å². The molecule has 0 saturated heterocycles. The molecule has 2 rings (SSSR count). The molecule has 0 spiro atoms. The topological polar surface area (TPSA) is 82.2 Å². The van der Waals surface area contributed by atoms with Crippen LogP contribution in [0.4, 0.5) is 15.8 Å². The summed E-state index contributed by atoms with van der Waals surface area (Å²) in [5, 5.41) is 18.0. The second-order valence-electron chi connectivity index (χ2n) is 4.81. The second-order valence-corrected chi connectivity index (χ2v) is 4.81. The van der Waals surface area contributed by atoms with Gasteiger partial charge in [-0.1, -0.05) is 0 Å². The van der Waals surface area contributed by atoms with Crippen LogP contribution in [0.3, 0.4) is 0 Å². The molecule has 0 aliphatic carbocycles. The minimum atomic E-state index is -0.755. The van der Waals surface area contributed by atoms with E-state index in [1.54, 1.807) is 10.9 Å². The first kappa shape index (κ1) is 15.7. The smallest absolute Gasteiger partial charge is 0.295 e. The first-order valence-electron chi connectivity index (χ1n) is 6.74. The van der Waals surface area contributed by atoms with Crippen LogP contribution in [-0.2, 0) is 13.5 Å². The lowest BCUT2D eigenvalue weighted by atomic mass is 10.2. The van der Waals surface area contributed by atoms with Crippen LogP contribution in [0.5, 0.6) is 5.75 Å². The van der Waals surface area contributed by atoms with E-state index < -0.39 is 10.7 Å². The largest absolute Gasteiger partial charge is 0.494 e. The van der Waals surface area contributed by atoms with Crippen molar-refractivity contribution < 1.29 is 14.1 Å². The van der Waals surface area contributed by atoms with E-state index >= 15 is 0 Å². The van der Waals surface area contributed by atoms with Crippen molar-refractivity contribution in [3.8, 4) is 5.75 Å². The molecule has 1 aromatic heterocycles. The summed E-state index contributed by atoms with van der Waals surface area (Å²) >= 11 is 0. The fourth-order valence-electron chi connectivity index (χ4n) is 2.11. The number of methoxy groups -OCH3 is 1. The number of benzene rings is 1. The molecule has 0 atom stereocenters. The lowest BCUT2D eigenvalue weighted by molar-refractivity contribution is -0.384. The molecule has 1 N–H and O–H groups in total. The Morgan fingerprint density at radius 2 is 2.27 bits per heavy atom. The van der Waals surface area contributed by atoms with Crippen LogP contribution >= 0.6 is 0 Å². The number of nitrogens with one attached hydrogen (secondary N) is 1. The third-order valence-corrected chi connectivity index (χ3v) is 3.18. The molecule has 2 aromatic rings. The number of nitrogens with zero attached hydrogens (tertiary/aromatic N) is 3. The zero-order chi connectivity index (χ0) is 16.1. The Kier molecular flexibility index (Phi) is 4.92. The molecule has 0 amide bonds. The molecule has 1 aromatic carbocycles. The first-order valence-corrected chi connectivity index (χ1v) is 6.74. The average Bonchev–Trinajstić information content (AvgIpc) is 2.89. The Morgan fingerprint density at radius 1 is 1.50 bits per heavy atom. The summed E-state index contributed by atoms with van der Waals surface area (Å²) in [6.45, 7) is 0.518. The van der Waals surface area contributed by atoms with Gasteiger partial charge in [0, 0.05) is 25.9 Å². The normalized spacial score (nSPS) is 10.5. The predicted octanol–water partition coefficient (Wildman–Crippen LogP) is 2.52. The zero-order valence-electron chi connectivity index (χ0n) is 12.4. The molecule has 0 fully saturated rings. The number of anilines is 1. The van der Waals surface area contributed by atoms with Gasteiger partial charge in [-0.15, -0.1) is 0 Å². The van der Waals surface area contributed by atoms with E-state index in [0.717, 1.165) is 24.5 Å². The molecular formula is C14H17FN4O3. The van der Waals surface area contributed by atoms with Crippen molar-refractivity contribution in [1.29, 1.82) is 0 Å². The molecule has 22 heavy (non-hydrogen) atoms. The van der Waals surface area contributed by atoms with Gasteiger partial charge in [-0.3, -0.25) is 14.8 Å². The van der Waals surface area contributed by atoms with Gasteiger partial charge in [0.25, 0.3) is 5.69 Å². The Balaban J connectivity index is 2.00. The van der Waals surface area contributed by atoms with Crippen LogP contribution in [0, 0.1) is 15.9 Å². The maximum Gasteiger partial charge on any atom is 0.295 e. The standard InChI is InChI=1S/C14H17FN4O3/c1-18-9-10(8-17-18)4-3-5-16-12-7-14(22-2)11(15)6-13(12)19(20)21/h6-9,16H,3-5H2,1-2H3. The van der Waals surface area contributed by atoms with E-state index in [1.165, 1.54) is 13.2 Å². The van der Waals surface area contributed by atoms with Crippen molar-refractivity contribution in [2.24, 2.45) is 7.05 Å². The number of nitro groups is 1. The summed E-state index contributed by atoms with van der Waals surface area (Å²) in [6, 6.07) is 2.17. The van der Waals surface area contributed by atoms with Gasteiger partial charge in [0.05, 0.1) is 24.3 Å². The van der Waals surface area contributed by atoms with Crippen molar-refractivity contribution in [3.05, 3.63) is 46.0 Å². The maximum absolute atomic E-state index is 13.5. The second kappa shape index (κ2) is 6.88. The number of hydrogen-bond acceptors (Lipinski definition) is 5. The average molecular weight is 308 g/mol. The molecule has 0 radical (unpaired) electrons. The van der Waals surface area contributed by atoms with Gasteiger partial charge in [-0.2, -0.15) is 5.10 Å². The van der Waals surface area contributed by atoms with E-state index in [0.29, 0.717) is 6.54 Å². The Hall–Kier alpha value is -2.64. The molecular weight excluding hydrogens is 291 g/mol. The number of halogens is 1. The monoisotopic (exact) mass is 308 g/mol. The minimum absolute atomic E-state index is 0.0274. The minimum Gasteiger partial charge on any atom is -0.494 e. The highest BCUT2D eigenvalue weighted by Gasteiger charge is 2.18. The molecule has 0 aliphatic heterocycles. The Morgan fingerprint density at radius 3 is 2.86 bits per heavy atom. The van der Waals surface area contributed by atoms with Crippen LogP contribution < -0.4 is 10.1 Å². The van der Waals surface area contributed by atoms with Crippen molar-refractivity contribution in [2.45, 2.75) is 12.8 Å². The van der Waals surface area contributed by atoms with Crippen LogP contribution in [0.15, 0.2) is 24.5 Å². The molecule has 0 unspecified atom stereocenters. The SMILES string of the molecule is COc1cc(NCCCc2cnn(C)c2)c([N+](=O)[O-])cc1F. The third kappa shape index (κ3) is 3.72. The zero-order valence-corrected chi connectivity index (χ0v) is 12.4. The van der Waals surface area contributed by atoms with E-state index in [-0.39, 0.29) is 17.1 Å². The van der Waals surface area contributed by atoms with Crippen molar-refractivity contribution in [2.75, 3.05) is 19.0 Å². The Bertz CT molecular complexity index is 672.